The third-order valence-corrected chi connectivity index (χ3v) is 3.70. The van der Waals surface area contributed by atoms with E-state index < -0.39 is 0 Å². The van der Waals surface area contributed by atoms with E-state index >= 15 is 0 Å². The quantitative estimate of drug-likeness (QED) is 0.638. The van der Waals surface area contributed by atoms with Crippen LogP contribution in [0.4, 0.5) is 0 Å². The molecule has 82 valence electrons. The molecule has 0 aliphatic carbocycles. The van der Waals surface area contributed by atoms with Crippen molar-refractivity contribution in [1.82, 2.24) is 15.5 Å². The van der Waals surface area contributed by atoms with Crippen molar-refractivity contribution in [3.8, 4) is 0 Å². The van der Waals surface area contributed by atoms with E-state index in [-0.39, 0.29) is 0 Å². The van der Waals surface area contributed by atoms with Crippen molar-refractivity contribution >= 4 is 0 Å². The first kappa shape index (κ1) is 10.4. The molecule has 3 heteroatoms. The zero-order chi connectivity index (χ0) is 9.97. The Hall–Kier alpha value is -0.120. The molecule has 2 aliphatic rings. The molecule has 3 unspecified atom stereocenters. The molecule has 2 rings (SSSR count). The fourth-order valence-corrected chi connectivity index (χ4v) is 2.83. The molecule has 0 aromatic carbocycles. The number of rotatable bonds is 1. The van der Waals surface area contributed by atoms with E-state index in [1.807, 2.05) is 0 Å². The summed E-state index contributed by atoms with van der Waals surface area (Å²) >= 11 is 0. The number of nitrogens with one attached hydrogen (secondary N) is 2. The molecule has 3 atom stereocenters. The maximum Gasteiger partial charge on any atom is 0.0251 e. The predicted octanol–water partition coefficient (Wildman–Crippen LogP) is 0.421. The minimum Gasteiger partial charge on any atom is -0.314 e. The van der Waals surface area contributed by atoms with Crippen molar-refractivity contribution < 1.29 is 0 Å². The Bertz CT molecular complexity index is 163. The molecule has 0 saturated carbocycles. The smallest absolute Gasteiger partial charge is 0.0251 e. The van der Waals surface area contributed by atoms with Crippen LogP contribution in [0.5, 0.6) is 0 Å². The minimum atomic E-state index is 0.671. The first-order valence-electron chi connectivity index (χ1n) is 5.99. The van der Waals surface area contributed by atoms with Gasteiger partial charge >= 0.3 is 0 Å². The third kappa shape index (κ3) is 2.10. The summed E-state index contributed by atoms with van der Waals surface area (Å²) in [5.41, 5.74) is 0. The number of hydrogen-bond acceptors (Lipinski definition) is 3. The highest BCUT2D eigenvalue weighted by atomic mass is 15.3. The predicted molar refractivity (Wildman–Crippen MR) is 59.5 cm³/mol. The SMILES string of the molecule is CC1NCCCC1N1CCNCC1C. The number of piperidine rings is 1. The van der Waals surface area contributed by atoms with Gasteiger partial charge in [-0.2, -0.15) is 0 Å². The Balaban J connectivity index is 1.96. The zero-order valence-electron chi connectivity index (χ0n) is 9.42. The lowest BCUT2D eigenvalue weighted by Crippen LogP contribution is -2.60. The van der Waals surface area contributed by atoms with Crippen molar-refractivity contribution in [3.63, 3.8) is 0 Å². The number of piperazine rings is 1. The molecule has 0 radical (unpaired) electrons. The maximum atomic E-state index is 3.59. The first-order valence-corrected chi connectivity index (χ1v) is 5.99. The summed E-state index contributed by atoms with van der Waals surface area (Å²) in [5.74, 6) is 0. The lowest BCUT2D eigenvalue weighted by molar-refractivity contribution is 0.0760. The van der Waals surface area contributed by atoms with Crippen molar-refractivity contribution in [3.05, 3.63) is 0 Å². The van der Waals surface area contributed by atoms with Gasteiger partial charge in [0, 0.05) is 37.8 Å². The van der Waals surface area contributed by atoms with E-state index in [9.17, 15) is 0 Å². The van der Waals surface area contributed by atoms with Gasteiger partial charge < -0.3 is 10.6 Å². The molecular weight excluding hydrogens is 174 g/mol. The van der Waals surface area contributed by atoms with Crippen LogP contribution in [0.1, 0.15) is 26.7 Å². The van der Waals surface area contributed by atoms with Crippen LogP contribution in [0.25, 0.3) is 0 Å². The summed E-state index contributed by atoms with van der Waals surface area (Å²) in [6.07, 6.45) is 2.71. The maximum absolute atomic E-state index is 3.59. The van der Waals surface area contributed by atoms with Gasteiger partial charge in [-0.3, -0.25) is 4.90 Å². The van der Waals surface area contributed by atoms with Crippen molar-refractivity contribution in [1.29, 1.82) is 0 Å². The first-order chi connectivity index (χ1) is 6.79. The van der Waals surface area contributed by atoms with E-state index in [0.29, 0.717) is 12.1 Å². The fraction of sp³-hybridized carbons (Fsp3) is 1.00. The van der Waals surface area contributed by atoms with E-state index in [1.165, 1.54) is 25.9 Å². The van der Waals surface area contributed by atoms with Gasteiger partial charge in [-0.05, 0) is 33.2 Å². The van der Waals surface area contributed by atoms with Crippen molar-refractivity contribution in [2.24, 2.45) is 0 Å². The van der Waals surface area contributed by atoms with Crippen LogP contribution in [-0.4, -0.2) is 49.2 Å². The van der Waals surface area contributed by atoms with Crippen molar-refractivity contribution in [2.45, 2.75) is 44.8 Å². The molecule has 0 spiro atoms. The van der Waals surface area contributed by atoms with Gasteiger partial charge in [0.25, 0.3) is 0 Å². The molecule has 0 aromatic heterocycles. The van der Waals surface area contributed by atoms with Crippen LogP contribution < -0.4 is 10.6 Å². The standard InChI is InChI=1S/C11H23N3/c1-9-8-12-6-7-14(9)11-4-3-5-13-10(11)2/h9-13H,3-8H2,1-2H3. The lowest BCUT2D eigenvalue weighted by atomic mass is 9.96. The van der Waals surface area contributed by atoms with Crippen LogP contribution in [-0.2, 0) is 0 Å². The second-order valence-electron chi connectivity index (χ2n) is 4.74. The average molecular weight is 197 g/mol. The summed E-state index contributed by atoms with van der Waals surface area (Å²) in [7, 11) is 0. The summed E-state index contributed by atoms with van der Waals surface area (Å²) < 4.78 is 0. The summed E-state index contributed by atoms with van der Waals surface area (Å²) in [6, 6.07) is 2.14. The summed E-state index contributed by atoms with van der Waals surface area (Å²) in [5, 5.41) is 7.04. The minimum absolute atomic E-state index is 0.671. The normalized spacial score (nSPS) is 41.1. The topological polar surface area (TPSA) is 27.3 Å². The highest BCUT2D eigenvalue weighted by Gasteiger charge is 2.30. The molecule has 14 heavy (non-hydrogen) atoms. The molecule has 2 saturated heterocycles. The Morgan fingerprint density at radius 1 is 1.21 bits per heavy atom. The van der Waals surface area contributed by atoms with Crippen LogP contribution in [0, 0.1) is 0 Å². The number of nitrogens with zero attached hydrogens (tertiary/aromatic N) is 1. The molecular formula is C11H23N3. The van der Waals surface area contributed by atoms with Gasteiger partial charge in [-0.25, -0.2) is 0 Å². The van der Waals surface area contributed by atoms with Gasteiger partial charge in [0.05, 0.1) is 0 Å². The zero-order valence-corrected chi connectivity index (χ0v) is 9.42. The van der Waals surface area contributed by atoms with Crippen LogP contribution in [0.2, 0.25) is 0 Å². The average Bonchev–Trinajstić information content (AvgIpc) is 2.20. The molecule has 3 nitrogen and oxygen atoms in total. The van der Waals surface area contributed by atoms with Crippen LogP contribution >= 0.6 is 0 Å². The largest absolute Gasteiger partial charge is 0.314 e. The highest BCUT2D eigenvalue weighted by Crippen LogP contribution is 2.18. The molecule has 2 heterocycles. The van der Waals surface area contributed by atoms with Gasteiger partial charge in [-0.1, -0.05) is 0 Å². The molecule has 2 aliphatic heterocycles. The molecule has 2 fully saturated rings. The Morgan fingerprint density at radius 3 is 2.79 bits per heavy atom. The second kappa shape index (κ2) is 4.60. The van der Waals surface area contributed by atoms with Crippen LogP contribution in [0.3, 0.4) is 0 Å². The van der Waals surface area contributed by atoms with E-state index in [0.717, 1.165) is 19.1 Å². The molecule has 0 bridgehead atoms. The number of hydrogen-bond donors (Lipinski definition) is 2. The Morgan fingerprint density at radius 2 is 2.07 bits per heavy atom. The van der Waals surface area contributed by atoms with Gasteiger partial charge in [-0.15, -0.1) is 0 Å². The summed E-state index contributed by atoms with van der Waals surface area (Å²) in [4.78, 5) is 2.69. The Kier molecular flexibility index (Phi) is 3.42. The van der Waals surface area contributed by atoms with Gasteiger partial charge in [0.1, 0.15) is 0 Å². The third-order valence-electron chi connectivity index (χ3n) is 3.70. The second-order valence-corrected chi connectivity index (χ2v) is 4.74. The highest BCUT2D eigenvalue weighted by molar-refractivity contribution is 4.90. The van der Waals surface area contributed by atoms with Crippen molar-refractivity contribution in [2.75, 3.05) is 26.2 Å². The van der Waals surface area contributed by atoms with E-state index in [1.54, 1.807) is 0 Å². The lowest BCUT2D eigenvalue weighted by Gasteiger charge is -2.44. The molecule has 0 aromatic rings. The summed E-state index contributed by atoms with van der Waals surface area (Å²) in [6.45, 7) is 9.42. The fourth-order valence-electron chi connectivity index (χ4n) is 2.83. The van der Waals surface area contributed by atoms with E-state index in [2.05, 4.69) is 29.4 Å². The van der Waals surface area contributed by atoms with Gasteiger partial charge in [0.2, 0.25) is 0 Å². The van der Waals surface area contributed by atoms with Gasteiger partial charge in [0.15, 0.2) is 0 Å². The molecule has 0 amide bonds. The van der Waals surface area contributed by atoms with Crippen LogP contribution in [0.15, 0.2) is 0 Å². The van der Waals surface area contributed by atoms with E-state index in [4.69, 9.17) is 0 Å². The molecule has 2 N–H and O–H groups in total. The Labute approximate surface area is 87.2 Å². The monoisotopic (exact) mass is 197 g/mol.